The molecule has 0 amide bonds. The third-order valence-corrected chi connectivity index (χ3v) is 13.1. The number of hydrogen-bond donors (Lipinski definition) is 0. The molecule has 0 spiro atoms. The largest absolute Gasteiger partial charge is 0.497 e. The summed E-state index contributed by atoms with van der Waals surface area (Å²) in [5, 5.41) is 0. The minimum Gasteiger partial charge on any atom is -0.497 e. The van der Waals surface area contributed by atoms with Crippen LogP contribution in [0.4, 0.5) is 0 Å². The van der Waals surface area contributed by atoms with Crippen LogP contribution in [0.3, 0.4) is 0 Å². The minimum atomic E-state index is -1.84. The summed E-state index contributed by atoms with van der Waals surface area (Å²) in [5.41, 5.74) is 3.76. The zero-order valence-electron chi connectivity index (χ0n) is 20.4. The Hall–Kier alpha value is -1.15. The molecule has 174 valence electrons. The van der Waals surface area contributed by atoms with E-state index in [1.54, 1.807) is 14.2 Å². The van der Waals surface area contributed by atoms with Gasteiger partial charge in [0.05, 0.1) is 7.11 Å². The van der Waals surface area contributed by atoms with Crippen molar-refractivity contribution in [3.63, 3.8) is 0 Å². The molecule has 0 atom stereocenters. The Bertz CT molecular complexity index is 797. The van der Waals surface area contributed by atoms with Gasteiger partial charge >= 0.3 is 0 Å². The van der Waals surface area contributed by atoms with Gasteiger partial charge < -0.3 is 13.9 Å². The molecule has 5 nitrogen and oxygen atoms in total. The number of benzene rings is 1. The predicted octanol–water partition coefficient (Wildman–Crippen LogP) is 7.05. The van der Waals surface area contributed by atoms with Gasteiger partial charge in [-0.05, 0) is 63.2 Å². The van der Waals surface area contributed by atoms with Crippen LogP contribution >= 0.6 is 15.9 Å². The number of imidazole rings is 1. The number of hydrogen-bond acceptors (Lipinski definition) is 4. The summed E-state index contributed by atoms with van der Waals surface area (Å²) in [7, 11) is 1.55. The first-order chi connectivity index (χ1) is 14.7. The average Bonchev–Trinajstić information content (AvgIpc) is 3.03. The van der Waals surface area contributed by atoms with Crippen LogP contribution in [0.25, 0.3) is 11.3 Å². The standard InChI is InChI=1S/C24H39BrN2O3Si/c1-17(2)31(18(3)4,19(5)6)30-15-9-10-22-26-23(24(25)27(22)16-28-7)20-11-13-21(29-8)14-12-20/h11-14,17-19H,9-10,15-16H2,1-8H3. The lowest BCUT2D eigenvalue weighted by Crippen LogP contribution is -2.48. The number of halogens is 1. The van der Waals surface area contributed by atoms with E-state index in [1.807, 2.05) is 24.3 Å². The molecule has 2 aromatic rings. The van der Waals surface area contributed by atoms with Gasteiger partial charge in [0.2, 0.25) is 0 Å². The average molecular weight is 512 g/mol. The van der Waals surface area contributed by atoms with Crippen LogP contribution in [0.1, 0.15) is 53.8 Å². The molecule has 0 fully saturated rings. The van der Waals surface area contributed by atoms with Gasteiger partial charge in [0, 0.05) is 25.7 Å². The molecule has 0 aliphatic carbocycles. The maximum absolute atomic E-state index is 6.73. The fourth-order valence-corrected chi connectivity index (χ4v) is 11.0. The fraction of sp³-hybridized carbons (Fsp3) is 0.625. The molecule has 0 radical (unpaired) electrons. The van der Waals surface area contributed by atoms with Crippen LogP contribution in [-0.2, 0) is 22.3 Å². The first-order valence-electron chi connectivity index (χ1n) is 11.2. The van der Waals surface area contributed by atoms with Crippen molar-refractivity contribution in [1.82, 2.24) is 9.55 Å². The summed E-state index contributed by atoms with van der Waals surface area (Å²) in [5.74, 6) is 1.84. The maximum atomic E-state index is 6.73. The van der Waals surface area contributed by atoms with Gasteiger partial charge in [-0.25, -0.2) is 4.98 Å². The van der Waals surface area contributed by atoms with E-state index in [-0.39, 0.29) is 0 Å². The second kappa shape index (κ2) is 11.6. The second-order valence-corrected chi connectivity index (χ2v) is 15.2. The van der Waals surface area contributed by atoms with Crippen molar-refractivity contribution in [2.75, 3.05) is 20.8 Å². The van der Waals surface area contributed by atoms with E-state index in [0.29, 0.717) is 23.4 Å². The highest BCUT2D eigenvalue weighted by Crippen LogP contribution is 2.42. The lowest BCUT2D eigenvalue weighted by molar-refractivity contribution is 0.126. The number of rotatable bonds is 12. The molecular formula is C24H39BrN2O3Si. The lowest BCUT2D eigenvalue weighted by Gasteiger charge is -2.42. The van der Waals surface area contributed by atoms with Crippen molar-refractivity contribution in [2.45, 2.75) is 77.7 Å². The van der Waals surface area contributed by atoms with Crippen LogP contribution in [0.2, 0.25) is 16.6 Å². The quantitative estimate of drug-likeness (QED) is 0.226. The van der Waals surface area contributed by atoms with Gasteiger partial charge in [0.1, 0.15) is 28.6 Å². The molecule has 0 unspecified atom stereocenters. The molecule has 1 aromatic carbocycles. The Labute approximate surface area is 197 Å². The summed E-state index contributed by atoms with van der Waals surface area (Å²) < 4.78 is 20.5. The Morgan fingerprint density at radius 2 is 1.55 bits per heavy atom. The van der Waals surface area contributed by atoms with Gasteiger partial charge in [-0.3, -0.25) is 4.57 Å². The summed E-state index contributed by atoms with van der Waals surface area (Å²) in [4.78, 5) is 4.94. The van der Waals surface area contributed by atoms with Crippen LogP contribution < -0.4 is 4.74 Å². The summed E-state index contributed by atoms with van der Waals surface area (Å²) in [6.45, 7) is 15.2. The van der Waals surface area contributed by atoms with E-state index in [9.17, 15) is 0 Å². The maximum Gasteiger partial charge on any atom is 0.200 e. The van der Waals surface area contributed by atoms with Crippen molar-refractivity contribution in [1.29, 1.82) is 0 Å². The molecule has 0 aliphatic heterocycles. The molecule has 2 rings (SSSR count). The number of nitrogens with zero attached hydrogens (tertiary/aromatic N) is 2. The molecule has 1 aromatic heterocycles. The van der Waals surface area contributed by atoms with Crippen LogP contribution in [0.5, 0.6) is 5.75 Å². The Morgan fingerprint density at radius 1 is 0.968 bits per heavy atom. The van der Waals surface area contributed by atoms with Crippen LogP contribution in [0, 0.1) is 0 Å². The van der Waals surface area contributed by atoms with Crippen molar-refractivity contribution < 1.29 is 13.9 Å². The lowest BCUT2D eigenvalue weighted by atomic mass is 10.1. The third kappa shape index (κ3) is 5.81. The van der Waals surface area contributed by atoms with Gasteiger partial charge in [0.15, 0.2) is 8.32 Å². The molecule has 7 heteroatoms. The normalized spacial score (nSPS) is 12.4. The first kappa shape index (κ1) is 26.1. The molecule has 0 N–H and O–H groups in total. The number of ether oxygens (including phenoxy) is 2. The molecule has 0 bridgehead atoms. The number of methoxy groups -OCH3 is 2. The second-order valence-electron chi connectivity index (χ2n) is 9.01. The fourth-order valence-electron chi connectivity index (χ4n) is 4.84. The van der Waals surface area contributed by atoms with Crippen molar-refractivity contribution in [2.24, 2.45) is 0 Å². The molecule has 0 saturated heterocycles. The van der Waals surface area contributed by atoms with Gasteiger partial charge in [-0.15, -0.1) is 0 Å². The van der Waals surface area contributed by atoms with E-state index in [4.69, 9.17) is 18.9 Å². The molecule has 1 heterocycles. The van der Waals surface area contributed by atoms with E-state index in [1.165, 1.54) is 0 Å². The smallest absolute Gasteiger partial charge is 0.200 e. The van der Waals surface area contributed by atoms with Crippen molar-refractivity contribution in [3.05, 3.63) is 34.7 Å². The minimum absolute atomic E-state index is 0.461. The van der Waals surface area contributed by atoms with Crippen LogP contribution in [0.15, 0.2) is 28.9 Å². The van der Waals surface area contributed by atoms with Gasteiger partial charge in [-0.1, -0.05) is 41.5 Å². The van der Waals surface area contributed by atoms with Crippen molar-refractivity contribution >= 4 is 24.2 Å². The van der Waals surface area contributed by atoms with Gasteiger partial charge in [-0.2, -0.15) is 0 Å². The van der Waals surface area contributed by atoms with E-state index in [2.05, 4.69) is 62.0 Å². The van der Waals surface area contributed by atoms with Crippen LogP contribution in [-0.4, -0.2) is 38.7 Å². The van der Waals surface area contributed by atoms with E-state index < -0.39 is 8.32 Å². The summed E-state index contributed by atoms with van der Waals surface area (Å²) >= 11 is 3.74. The monoisotopic (exact) mass is 510 g/mol. The zero-order valence-corrected chi connectivity index (χ0v) is 23.0. The third-order valence-electron chi connectivity index (χ3n) is 6.21. The number of aromatic nitrogens is 2. The molecule has 31 heavy (non-hydrogen) atoms. The Balaban J connectivity index is 2.17. The Morgan fingerprint density at radius 3 is 2.03 bits per heavy atom. The Kier molecular flexibility index (Phi) is 9.80. The SMILES string of the molecule is COCn1c(CCCO[Si](C(C)C)(C(C)C)C(C)C)nc(-c2ccc(OC)cc2)c1Br. The molecule has 0 aliphatic rings. The summed E-state index contributed by atoms with van der Waals surface area (Å²) in [6, 6.07) is 7.98. The highest BCUT2D eigenvalue weighted by atomic mass is 79.9. The zero-order chi connectivity index (χ0) is 23.2. The first-order valence-corrected chi connectivity index (χ1v) is 14.1. The van der Waals surface area contributed by atoms with E-state index >= 15 is 0 Å². The van der Waals surface area contributed by atoms with E-state index in [0.717, 1.165) is 46.9 Å². The molecule has 0 saturated carbocycles. The predicted molar refractivity (Wildman–Crippen MR) is 134 cm³/mol. The molecular weight excluding hydrogens is 472 g/mol. The summed E-state index contributed by atoms with van der Waals surface area (Å²) in [6.07, 6.45) is 1.78. The highest BCUT2D eigenvalue weighted by Gasteiger charge is 2.44. The van der Waals surface area contributed by atoms with Crippen molar-refractivity contribution in [3.8, 4) is 17.0 Å². The topological polar surface area (TPSA) is 45.5 Å². The highest BCUT2D eigenvalue weighted by molar-refractivity contribution is 9.10. The number of aryl methyl sites for hydroxylation is 1. The van der Waals surface area contributed by atoms with Gasteiger partial charge in [0.25, 0.3) is 0 Å².